The number of aromatic nitrogens is 3. The van der Waals surface area contributed by atoms with Gasteiger partial charge in [-0.25, -0.2) is 4.98 Å². The second kappa shape index (κ2) is 4.97. The normalized spacial score (nSPS) is 23.7. The van der Waals surface area contributed by atoms with Gasteiger partial charge in [-0.05, 0) is 41.6 Å². The third-order valence-electron chi connectivity index (χ3n) is 3.58. The summed E-state index contributed by atoms with van der Waals surface area (Å²) >= 11 is 3.42. The quantitative estimate of drug-likeness (QED) is 0.782. The first-order chi connectivity index (χ1) is 9.13. The van der Waals surface area contributed by atoms with Crippen molar-refractivity contribution in [3.63, 3.8) is 0 Å². The number of rotatable bonds is 2. The molecule has 0 aromatic carbocycles. The van der Waals surface area contributed by atoms with Gasteiger partial charge >= 0.3 is 0 Å². The molecule has 2 aromatic rings. The van der Waals surface area contributed by atoms with Crippen molar-refractivity contribution >= 4 is 33.2 Å². The molecule has 0 aliphatic heterocycles. The molecule has 1 fully saturated rings. The molecule has 0 bridgehead atoms. The van der Waals surface area contributed by atoms with E-state index in [1.807, 2.05) is 6.07 Å². The molecule has 1 aliphatic rings. The summed E-state index contributed by atoms with van der Waals surface area (Å²) in [5.41, 5.74) is 12.6. The molecule has 2 aromatic heterocycles. The lowest BCUT2D eigenvalue weighted by atomic mass is 9.92. The molecular formula is C12H17BrN6. The number of nitrogens with two attached hydrogens (primary N) is 2. The molecule has 1 aliphatic carbocycles. The van der Waals surface area contributed by atoms with E-state index < -0.39 is 0 Å². The smallest absolute Gasteiger partial charge is 0.173 e. The monoisotopic (exact) mass is 324 g/mol. The van der Waals surface area contributed by atoms with E-state index in [4.69, 9.17) is 11.5 Å². The van der Waals surface area contributed by atoms with Gasteiger partial charge in [-0.1, -0.05) is 0 Å². The number of fused-ring (bicyclic) bond motifs is 1. The third kappa shape index (κ3) is 2.52. The molecule has 6 nitrogen and oxygen atoms in total. The molecule has 0 spiro atoms. The minimum Gasteiger partial charge on any atom is -0.383 e. The molecule has 3 rings (SSSR count). The largest absolute Gasteiger partial charge is 0.383 e. The summed E-state index contributed by atoms with van der Waals surface area (Å²) in [6.07, 6.45) is 5.97. The molecule has 0 radical (unpaired) electrons. The predicted octanol–water partition coefficient (Wildman–Crippen LogP) is 1.76. The van der Waals surface area contributed by atoms with Gasteiger partial charge in [-0.2, -0.15) is 9.61 Å². The minimum absolute atomic E-state index is 0.350. The molecule has 1 saturated carbocycles. The van der Waals surface area contributed by atoms with E-state index in [-0.39, 0.29) is 0 Å². The van der Waals surface area contributed by atoms with Crippen LogP contribution in [-0.4, -0.2) is 26.7 Å². The molecule has 2 heterocycles. The van der Waals surface area contributed by atoms with Crippen LogP contribution in [0.3, 0.4) is 0 Å². The molecule has 5 N–H and O–H groups in total. The van der Waals surface area contributed by atoms with E-state index in [9.17, 15) is 0 Å². The zero-order valence-electron chi connectivity index (χ0n) is 10.5. The van der Waals surface area contributed by atoms with Crippen LogP contribution in [0.2, 0.25) is 0 Å². The lowest BCUT2D eigenvalue weighted by molar-refractivity contribution is 0.410. The van der Waals surface area contributed by atoms with E-state index >= 15 is 0 Å². The lowest BCUT2D eigenvalue weighted by Crippen LogP contribution is -2.33. The van der Waals surface area contributed by atoms with Gasteiger partial charge in [0, 0.05) is 18.2 Å². The van der Waals surface area contributed by atoms with Crippen molar-refractivity contribution in [2.45, 2.75) is 37.8 Å². The maximum Gasteiger partial charge on any atom is 0.173 e. The Balaban J connectivity index is 1.83. The Morgan fingerprint density at radius 1 is 1.32 bits per heavy atom. The van der Waals surface area contributed by atoms with Gasteiger partial charge in [0.1, 0.15) is 11.6 Å². The van der Waals surface area contributed by atoms with Crippen LogP contribution in [0.1, 0.15) is 25.7 Å². The Labute approximate surface area is 119 Å². The topological polar surface area (TPSA) is 94.3 Å². The Hall–Kier alpha value is -1.34. The van der Waals surface area contributed by atoms with Crippen LogP contribution in [0, 0.1) is 0 Å². The van der Waals surface area contributed by atoms with Crippen LogP contribution < -0.4 is 16.8 Å². The molecule has 7 heteroatoms. The van der Waals surface area contributed by atoms with E-state index in [1.54, 1.807) is 10.7 Å². The van der Waals surface area contributed by atoms with Crippen LogP contribution in [0.5, 0.6) is 0 Å². The fourth-order valence-corrected chi connectivity index (χ4v) is 2.85. The number of nitrogens with one attached hydrogen (secondary N) is 1. The van der Waals surface area contributed by atoms with E-state index in [2.05, 4.69) is 31.3 Å². The summed E-state index contributed by atoms with van der Waals surface area (Å²) in [7, 11) is 0. The highest BCUT2D eigenvalue weighted by Gasteiger charge is 2.19. The summed E-state index contributed by atoms with van der Waals surface area (Å²) in [6.45, 7) is 0. The summed E-state index contributed by atoms with van der Waals surface area (Å²) < 4.78 is 2.46. The fourth-order valence-electron chi connectivity index (χ4n) is 2.51. The van der Waals surface area contributed by atoms with Crippen molar-refractivity contribution in [1.82, 2.24) is 14.6 Å². The third-order valence-corrected chi connectivity index (χ3v) is 4.14. The van der Waals surface area contributed by atoms with Gasteiger partial charge < -0.3 is 16.8 Å². The van der Waals surface area contributed by atoms with Gasteiger partial charge in [-0.3, -0.25) is 0 Å². The fraction of sp³-hybridized carbons (Fsp3) is 0.500. The molecule has 19 heavy (non-hydrogen) atoms. The summed E-state index contributed by atoms with van der Waals surface area (Å²) in [4.78, 5) is 4.54. The standard InChI is InChI=1S/C12H17BrN6/c13-9-6-16-19-10(15)5-11(18-12(9)19)17-8-3-1-7(14)2-4-8/h5-8H,1-4,14-15H2,(H,17,18)/t7-,8+. The van der Waals surface area contributed by atoms with Crippen LogP contribution in [0.25, 0.3) is 5.65 Å². The maximum absolute atomic E-state index is 5.98. The van der Waals surface area contributed by atoms with Gasteiger partial charge in [0.15, 0.2) is 5.65 Å². The SMILES string of the molecule is Nc1cc(N[C@H]2CC[C@@H](N)CC2)nc2c(Br)cnn12. The predicted molar refractivity (Wildman–Crippen MR) is 79.0 cm³/mol. The molecule has 0 amide bonds. The number of nitrogens with zero attached hydrogens (tertiary/aromatic N) is 3. The summed E-state index contributed by atoms with van der Waals surface area (Å²) in [5, 5.41) is 7.60. The minimum atomic E-state index is 0.350. The molecule has 0 atom stereocenters. The van der Waals surface area contributed by atoms with Crippen molar-refractivity contribution in [2.24, 2.45) is 5.73 Å². The second-order valence-corrected chi connectivity index (χ2v) is 5.90. The second-order valence-electron chi connectivity index (χ2n) is 5.05. The first-order valence-corrected chi connectivity index (χ1v) is 7.24. The zero-order chi connectivity index (χ0) is 13.4. The number of anilines is 2. The van der Waals surface area contributed by atoms with Crippen LogP contribution >= 0.6 is 15.9 Å². The Morgan fingerprint density at radius 2 is 2.05 bits per heavy atom. The average Bonchev–Trinajstić information content (AvgIpc) is 2.75. The van der Waals surface area contributed by atoms with Gasteiger partial charge in [0.05, 0.1) is 10.7 Å². The number of hydrogen-bond donors (Lipinski definition) is 3. The average molecular weight is 325 g/mol. The molecular weight excluding hydrogens is 308 g/mol. The van der Waals surface area contributed by atoms with E-state index in [1.165, 1.54) is 0 Å². The van der Waals surface area contributed by atoms with Gasteiger partial charge in [0.2, 0.25) is 0 Å². The first kappa shape index (κ1) is 12.7. The first-order valence-electron chi connectivity index (χ1n) is 6.45. The Kier molecular flexibility index (Phi) is 3.32. The van der Waals surface area contributed by atoms with Crippen molar-refractivity contribution in [3.8, 4) is 0 Å². The van der Waals surface area contributed by atoms with Gasteiger partial charge in [-0.15, -0.1) is 0 Å². The van der Waals surface area contributed by atoms with Crippen LogP contribution in [-0.2, 0) is 0 Å². The highest BCUT2D eigenvalue weighted by atomic mass is 79.9. The zero-order valence-corrected chi connectivity index (χ0v) is 12.1. The van der Waals surface area contributed by atoms with Crippen LogP contribution in [0.15, 0.2) is 16.7 Å². The summed E-state index contributed by atoms with van der Waals surface area (Å²) in [6, 6.07) is 2.60. The van der Waals surface area contributed by atoms with Gasteiger partial charge in [0.25, 0.3) is 0 Å². The Morgan fingerprint density at radius 3 is 2.79 bits per heavy atom. The number of nitrogen functional groups attached to an aromatic ring is 1. The Bertz CT molecular complexity index is 587. The van der Waals surface area contributed by atoms with Crippen molar-refractivity contribution in [3.05, 3.63) is 16.7 Å². The van der Waals surface area contributed by atoms with E-state index in [0.717, 1.165) is 41.6 Å². The lowest BCUT2D eigenvalue weighted by Gasteiger charge is -2.27. The highest BCUT2D eigenvalue weighted by molar-refractivity contribution is 9.10. The van der Waals surface area contributed by atoms with Crippen molar-refractivity contribution in [1.29, 1.82) is 0 Å². The number of halogens is 1. The molecule has 0 unspecified atom stereocenters. The molecule has 102 valence electrons. The number of hydrogen-bond acceptors (Lipinski definition) is 5. The van der Waals surface area contributed by atoms with E-state index in [0.29, 0.717) is 17.9 Å². The van der Waals surface area contributed by atoms with Crippen LogP contribution in [0.4, 0.5) is 11.6 Å². The maximum atomic E-state index is 5.98. The van der Waals surface area contributed by atoms with Crippen molar-refractivity contribution < 1.29 is 0 Å². The van der Waals surface area contributed by atoms with Crippen molar-refractivity contribution in [2.75, 3.05) is 11.1 Å². The highest BCUT2D eigenvalue weighted by Crippen LogP contribution is 2.24. The summed E-state index contributed by atoms with van der Waals surface area (Å²) in [5.74, 6) is 1.37. The molecule has 0 saturated heterocycles.